The van der Waals surface area contributed by atoms with E-state index in [9.17, 15) is 4.21 Å². The van der Waals surface area contributed by atoms with Crippen molar-refractivity contribution in [1.29, 1.82) is 0 Å². The molecule has 110 valence electrons. The summed E-state index contributed by atoms with van der Waals surface area (Å²) < 4.78 is 13.7. The summed E-state index contributed by atoms with van der Waals surface area (Å²) in [6.45, 7) is 6.82. The Balaban J connectivity index is 2.42. The second-order valence-corrected chi connectivity index (χ2v) is 7.73. The Morgan fingerprint density at radius 1 is 1.40 bits per heavy atom. The van der Waals surface area contributed by atoms with Gasteiger partial charge < -0.3 is 4.57 Å². The van der Waals surface area contributed by atoms with Crippen molar-refractivity contribution in [3.63, 3.8) is 0 Å². The van der Waals surface area contributed by atoms with Crippen molar-refractivity contribution in [3.05, 3.63) is 29.6 Å². The fraction of sp³-hybridized carbons (Fsp3) is 0.533. The maximum atomic E-state index is 11.5. The second kappa shape index (κ2) is 6.27. The number of fused-ring (bicyclic) bond motifs is 1. The molecule has 0 spiro atoms. The first-order valence-corrected chi connectivity index (χ1v) is 8.89. The van der Waals surface area contributed by atoms with Gasteiger partial charge in [0.25, 0.3) is 0 Å². The summed E-state index contributed by atoms with van der Waals surface area (Å²) in [5, 5.41) is 0.0416. The summed E-state index contributed by atoms with van der Waals surface area (Å²) in [5.74, 6) is 0.894. The lowest BCUT2D eigenvalue weighted by molar-refractivity contribution is 0.608. The number of aromatic nitrogens is 2. The van der Waals surface area contributed by atoms with Crippen LogP contribution in [0.5, 0.6) is 0 Å². The average Bonchev–Trinajstić information content (AvgIpc) is 2.76. The standard InChI is InChI=1S/C15H21ClN2OS/c1-10-6-5-7-13-14(10)17-15(12(3)16)18(13)9-8-11(2)20(4)19/h5-7,11-12H,8-9H2,1-4H3. The zero-order valence-electron chi connectivity index (χ0n) is 12.4. The average molecular weight is 313 g/mol. The number of rotatable bonds is 5. The Morgan fingerprint density at radius 2 is 2.10 bits per heavy atom. The van der Waals surface area contributed by atoms with Gasteiger partial charge in [0.05, 0.1) is 16.4 Å². The number of alkyl halides is 1. The molecule has 20 heavy (non-hydrogen) atoms. The van der Waals surface area contributed by atoms with E-state index >= 15 is 0 Å². The number of para-hydroxylation sites is 1. The van der Waals surface area contributed by atoms with Gasteiger partial charge in [-0.25, -0.2) is 4.98 Å². The van der Waals surface area contributed by atoms with Gasteiger partial charge in [-0.2, -0.15) is 0 Å². The number of nitrogens with zero attached hydrogens (tertiary/aromatic N) is 2. The fourth-order valence-electron chi connectivity index (χ4n) is 2.32. The van der Waals surface area contributed by atoms with Gasteiger partial charge in [-0.05, 0) is 31.9 Å². The lowest BCUT2D eigenvalue weighted by atomic mass is 10.2. The van der Waals surface area contributed by atoms with Gasteiger partial charge in [-0.1, -0.05) is 19.1 Å². The molecule has 3 nitrogen and oxygen atoms in total. The number of hydrogen-bond acceptors (Lipinski definition) is 2. The molecule has 2 aromatic rings. The molecule has 0 aliphatic carbocycles. The van der Waals surface area contributed by atoms with Crippen molar-refractivity contribution < 1.29 is 4.21 Å². The molecule has 3 atom stereocenters. The highest BCUT2D eigenvalue weighted by Crippen LogP contribution is 2.26. The van der Waals surface area contributed by atoms with Gasteiger partial charge in [0, 0.05) is 28.9 Å². The van der Waals surface area contributed by atoms with Crippen molar-refractivity contribution in [2.75, 3.05) is 6.26 Å². The van der Waals surface area contributed by atoms with Crippen LogP contribution in [0.3, 0.4) is 0 Å². The first kappa shape index (κ1) is 15.5. The Kier molecular flexibility index (Phi) is 4.86. The molecular weight excluding hydrogens is 292 g/mol. The predicted octanol–water partition coefficient (Wildman–Crippen LogP) is 3.80. The van der Waals surface area contributed by atoms with Crippen molar-refractivity contribution >= 4 is 33.4 Å². The van der Waals surface area contributed by atoms with E-state index < -0.39 is 10.8 Å². The highest BCUT2D eigenvalue weighted by molar-refractivity contribution is 7.84. The van der Waals surface area contributed by atoms with Crippen LogP contribution in [0.4, 0.5) is 0 Å². The van der Waals surface area contributed by atoms with Crippen LogP contribution in [-0.2, 0) is 17.3 Å². The van der Waals surface area contributed by atoms with E-state index in [1.807, 2.05) is 19.9 Å². The van der Waals surface area contributed by atoms with Crippen LogP contribution in [0.15, 0.2) is 18.2 Å². The minimum Gasteiger partial charge on any atom is -0.327 e. The zero-order valence-corrected chi connectivity index (χ0v) is 14.0. The molecule has 1 heterocycles. The SMILES string of the molecule is Cc1cccc2c1nc(C(C)Cl)n2CCC(C)S(C)=O. The van der Waals surface area contributed by atoms with Gasteiger partial charge in [-0.15, -0.1) is 11.6 Å². The highest BCUT2D eigenvalue weighted by atomic mass is 35.5. The Bertz CT molecular complexity index is 636. The molecule has 1 aromatic heterocycles. The Labute approximate surface area is 127 Å². The summed E-state index contributed by atoms with van der Waals surface area (Å²) in [4.78, 5) is 4.69. The van der Waals surface area contributed by atoms with Crippen molar-refractivity contribution in [1.82, 2.24) is 9.55 Å². The zero-order chi connectivity index (χ0) is 14.9. The summed E-state index contributed by atoms with van der Waals surface area (Å²) in [5.41, 5.74) is 3.29. The van der Waals surface area contributed by atoms with Gasteiger partial charge in [0.2, 0.25) is 0 Å². The molecule has 0 fully saturated rings. The van der Waals surface area contributed by atoms with Crippen LogP contribution < -0.4 is 0 Å². The van der Waals surface area contributed by atoms with E-state index in [1.165, 1.54) is 0 Å². The minimum atomic E-state index is -0.794. The molecule has 0 bridgehead atoms. The molecule has 0 radical (unpaired) electrons. The molecule has 0 aliphatic heterocycles. The van der Waals surface area contributed by atoms with Crippen LogP contribution in [0.1, 0.15) is 37.0 Å². The fourth-order valence-corrected chi connectivity index (χ4v) is 2.92. The van der Waals surface area contributed by atoms with E-state index in [0.29, 0.717) is 0 Å². The maximum Gasteiger partial charge on any atom is 0.127 e. The third-order valence-corrected chi connectivity index (χ3v) is 5.26. The molecule has 3 unspecified atom stereocenters. The van der Waals surface area contributed by atoms with Gasteiger partial charge in [-0.3, -0.25) is 4.21 Å². The van der Waals surface area contributed by atoms with Crippen molar-refractivity contribution in [2.45, 2.75) is 44.4 Å². The van der Waals surface area contributed by atoms with Crippen LogP contribution in [-0.4, -0.2) is 25.3 Å². The summed E-state index contributed by atoms with van der Waals surface area (Å²) in [6, 6.07) is 6.18. The number of halogens is 1. The number of benzene rings is 1. The van der Waals surface area contributed by atoms with E-state index in [1.54, 1.807) is 6.26 Å². The predicted molar refractivity (Wildman–Crippen MR) is 86.9 cm³/mol. The first-order chi connectivity index (χ1) is 9.41. The number of hydrogen-bond donors (Lipinski definition) is 0. The lowest BCUT2D eigenvalue weighted by Crippen LogP contribution is -2.14. The molecule has 2 rings (SSSR count). The monoisotopic (exact) mass is 312 g/mol. The second-order valence-electron chi connectivity index (χ2n) is 5.28. The smallest absolute Gasteiger partial charge is 0.127 e. The van der Waals surface area contributed by atoms with E-state index in [2.05, 4.69) is 28.6 Å². The van der Waals surface area contributed by atoms with E-state index in [-0.39, 0.29) is 10.6 Å². The lowest BCUT2D eigenvalue weighted by Gasteiger charge is -2.13. The van der Waals surface area contributed by atoms with Crippen molar-refractivity contribution in [3.8, 4) is 0 Å². The van der Waals surface area contributed by atoms with Crippen LogP contribution in [0.25, 0.3) is 11.0 Å². The molecule has 0 amide bonds. The maximum absolute atomic E-state index is 11.5. The first-order valence-electron chi connectivity index (χ1n) is 6.84. The number of aryl methyl sites for hydroxylation is 2. The van der Waals surface area contributed by atoms with Crippen LogP contribution in [0, 0.1) is 6.92 Å². The van der Waals surface area contributed by atoms with Crippen LogP contribution in [0.2, 0.25) is 0 Å². The van der Waals surface area contributed by atoms with E-state index in [4.69, 9.17) is 11.6 Å². The Hall–Kier alpha value is -0.870. The van der Waals surface area contributed by atoms with Gasteiger partial charge >= 0.3 is 0 Å². The molecule has 1 aromatic carbocycles. The summed E-state index contributed by atoms with van der Waals surface area (Å²) in [7, 11) is -0.794. The summed E-state index contributed by atoms with van der Waals surface area (Å²) in [6.07, 6.45) is 2.62. The molecule has 0 aliphatic rings. The quantitative estimate of drug-likeness (QED) is 0.787. The normalized spacial score (nSPS) is 16.2. The van der Waals surface area contributed by atoms with Gasteiger partial charge in [0.1, 0.15) is 5.82 Å². The third-order valence-electron chi connectivity index (χ3n) is 3.69. The highest BCUT2D eigenvalue weighted by Gasteiger charge is 2.17. The molecule has 0 saturated carbocycles. The van der Waals surface area contributed by atoms with Crippen molar-refractivity contribution in [2.24, 2.45) is 0 Å². The molecule has 5 heteroatoms. The third kappa shape index (κ3) is 3.07. The van der Waals surface area contributed by atoms with Crippen LogP contribution >= 0.6 is 11.6 Å². The summed E-state index contributed by atoms with van der Waals surface area (Å²) >= 11 is 6.27. The number of imidazole rings is 1. The minimum absolute atomic E-state index is 0.135. The molecule has 0 N–H and O–H groups in total. The molecule has 0 saturated heterocycles. The molecular formula is C15H21ClN2OS. The van der Waals surface area contributed by atoms with Gasteiger partial charge in [0.15, 0.2) is 0 Å². The van der Waals surface area contributed by atoms with E-state index in [0.717, 1.165) is 35.4 Å². The Morgan fingerprint density at radius 3 is 2.70 bits per heavy atom. The largest absolute Gasteiger partial charge is 0.327 e. The topological polar surface area (TPSA) is 34.9 Å².